The van der Waals surface area contributed by atoms with Crippen LogP contribution in [0.1, 0.15) is 79.5 Å². The molecule has 0 radical (unpaired) electrons. The SMILES string of the molecule is CC.CC.Cc1nc(-c2cc(C(=O)N3CCC(c4ccn(C=N)c(=N)c4)CC3)ccc2C)c(C)[nH]1.OS. The Morgan fingerprint density at radius 2 is 1.70 bits per heavy atom. The highest BCUT2D eigenvalue weighted by Crippen LogP contribution is 2.30. The molecule has 0 aliphatic carbocycles. The van der Waals surface area contributed by atoms with Crippen LogP contribution in [0, 0.1) is 31.6 Å². The molecule has 4 N–H and O–H groups in total. The van der Waals surface area contributed by atoms with Gasteiger partial charge in [-0.3, -0.25) is 20.2 Å². The lowest BCUT2D eigenvalue weighted by Gasteiger charge is -2.32. The zero-order valence-corrected chi connectivity index (χ0v) is 24.0. The van der Waals surface area contributed by atoms with E-state index in [2.05, 4.69) is 22.9 Å². The Bertz CT molecular complexity index is 1210. The second-order valence-electron chi connectivity index (χ2n) is 8.27. The van der Waals surface area contributed by atoms with Crippen LogP contribution in [0.4, 0.5) is 0 Å². The minimum Gasteiger partial charge on any atom is -0.346 e. The number of piperidine rings is 1. The Hall–Kier alpha value is -3.17. The number of pyridine rings is 1. The number of hydrogen-bond donors (Lipinski definition) is 5. The highest BCUT2D eigenvalue weighted by atomic mass is 32.1. The van der Waals surface area contributed by atoms with Crippen LogP contribution >= 0.6 is 12.9 Å². The fourth-order valence-corrected chi connectivity index (χ4v) is 4.37. The lowest BCUT2D eigenvalue weighted by molar-refractivity contribution is 0.0713. The zero-order chi connectivity index (χ0) is 28.1. The number of aromatic amines is 1. The molecule has 0 bridgehead atoms. The number of aryl methyl sites for hydroxylation is 3. The average molecular weight is 527 g/mol. The first-order valence-corrected chi connectivity index (χ1v) is 13.2. The van der Waals surface area contributed by atoms with Crippen LogP contribution in [0.3, 0.4) is 0 Å². The predicted molar refractivity (Wildman–Crippen MR) is 155 cm³/mol. The van der Waals surface area contributed by atoms with Crippen molar-refractivity contribution >= 4 is 25.2 Å². The lowest BCUT2D eigenvalue weighted by atomic mass is 9.89. The van der Waals surface area contributed by atoms with E-state index in [1.165, 1.54) is 4.57 Å². The zero-order valence-electron chi connectivity index (χ0n) is 23.1. The van der Waals surface area contributed by atoms with Crippen molar-refractivity contribution in [3.8, 4) is 11.3 Å². The number of nitrogens with zero attached hydrogens (tertiary/aromatic N) is 3. The van der Waals surface area contributed by atoms with Gasteiger partial charge in [-0.1, -0.05) is 33.8 Å². The van der Waals surface area contributed by atoms with Crippen molar-refractivity contribution in [1.29, 1.82) is 10.8 Å². The van der Waals surface area contributed by atoms with Gasteiger partial charge in [-0.05, 0) is 87.8 Å². The fraction of sp³-hybridized carbons (Fsp3) is 0.429. The summed E-state index contributed by atoms with van der Waals surface area (Å²) < 4.78 is 8.17. The first-order valence-electron chi connectivity index (χ1n) is 12.8. The van der Waals surface area contributed by atoms with Crippen molar-refractivity contribution in [2.24, 2.45) is 0 Å². The number of likely N-dealkylation sites (tertiary alicyclic amines) is 1. The van der Waals surface area contributed by atoms with E-state index in [1.54, 1.807) is 6.20 Å². The second kappa shape index (κ2) is 15.8. The Balaban J connectivity index is 0.00000106. The van der Waals surface area contributed by atoms with Crippen molar-refractivity contribution in [1.82, 2.24) is 19.4 Å². The maximum absolute atomic E-state index is 13.2. The van der Waals surface area contributed by atoms with Crippen LogP contribution in [-0.4, -0.2) is 49.3 Å². The number of carbonyl (C=O) groups excluding carboxylic acids is 1. The van der Waals surface area contributed by atoms with E-state index in [-0.39, 0.29) is 5.91 Å². The Kier molecular flexibility index (Phi) is 13.6. The van der Waals surface area contributed by atoms with Crippen molar-refractivity contribution in [3.05, 3.63) is 70.2 Å². The van der Waals surface area contributed by atoms with Crippen LogP contribution in [0.25, 0.3) is 11.3 Å². The molecule has 0 unspecified atom stereocenters. The summed E-state index contributed by atoms with van der Waals surface area (Å²) in [5.41, 5.74) is 6.11. The van der Waals surface area contributed by atoms with E-state index in [0.29, 0.717) is 30.1 Å². The summed E-state index contributed by atoms with van der Waals surface area (Å²) >= 11 is 2.53. The molecule has 1 saturated heterocycles. The number of H-pyrrole nitrogens is 1. The van der Waals surface area contributed by atoms with Gasteiger partial charge in [-0.25, -0.2) is 4.98 Å². The number of nitrogens with one attached hydrogen (secondary N) is 3. The minimum absolute atomic E-state index is 0.0560. The number of imidazole rings is 1. The van der Waals surface area contributed by atoms with E-state index in [0.717, 1.165) is 53.1 Å². The summed E-state index contributed by atoms with van der Waals surface area (Å²) in [5, 5.41) is 15.3. The van der Waals surface area contributed by atoms with E-state index >= 15 is 0 Å². The summed E-state index contributed by atoms with van der Waals surface area (Å²) in [5.74, 6) is 1.26. The molecule has 1 aromatic carbocycles. The fourth-order valence-electron chi connectivity index (χ4n) is 4.37. The summed E-state index contributed by atoms with van der Waals surface area (Å²) in [6.45, 7) is 15.4. The molecule has 3 aromatic rings. The molecule has 4 rings (SSSR count). The van der Waals surface area contributed by atoms with E-state index in [1.807, 2.05) is 83.7 Å². The van der Waals surface area contributed by atoms with Crippen LogP contribution in [0.5, 0.6) is 0 Å². The molecule has 1 aliphatic rings. The summed E-state index contributed by atoms with van der Waals surface area (Å²) in [7, 11) is 0. The highest BCUT2D eigenvalue weighted by molar-refractivity contribution is 7.74. The van der Waals surface area contributed by atoms with Gasteiger partial charge in [0.1, 0.15) is 11.3 Å². The molecule has 9 heteroatoms. The largest absolute Gasteiger partial charge is 0.346 e. The third-order valence-electron chi connectivity index (χ3n) is 6.14. The van der Waals surface area contributed by atoms with E-state index in [4.69, 9.17) is 15.4 Å². The smallest absolute Gasteiger partial charge is 0.253 e. The van der Waals surface area contributed by atoms with E-state index in [9.17, 15) is 4.79 Å². The quantitative estimate of drug-likeness (QED) is 0.120. The van der Waals surface area contributed by atoms with Crippen molar-refractivity contribution in [2.75, 3.05) is 13.1 Å². The molecule has 0 atom stereocenters. The molecule has 0 spiro atoms. The molecule has 1 amide bonds. The van der Waals surface area contributed by atoms with Crippen LogP contribution in [-0.2, 0) is 0 Å². The van der Waals surface area contributed by atoms with Gasteiger partial charge >= 0.3 is 0 Å². The number of benzene rings is 1. The molecule has 8 nitrogen and oxygen atoms in total. The summed E-state index contributed by atoms with van der Waals surface area (Å²) in [6.07, 6.45) is 4.64. The van der Waals surface area contributed by atoms with Crippen LogP contribution < -0.4 is 5.49 Å². The van der Waals surface area contributed by atoms with Gasteiger partial charge in [0.15, 0.2) is 0 Å². The first kappa shape index (κ1) is 31.9. The van der Waals surface area contributed by atoms with Crippen molar-refractivity contribution in [2.45, 2.75) is 67.2 Å². The van der Waals surface area contributed by atoms with Gasteiger partial charge in [-0.15, -0.1) is 0 Å². The molecule has 1 aliphatic heterocycles. The maximum atomic E-state index is 13.2. The third-order valence-corrected chi connectivity index (χ3v) is 6.14. The normalized spacial score (nSPS) is 12.7. The number of amides is 1. The standard InChI is InChI=1S/C24H28N6O.2C2H6.H2OS/c1-15-4-5-20(12-21(15)23-16(2)27-17(3)28-23)24(31)29-9-6-18(7-10-29)19-8-11-30(14-25)22(26)13-19;3*1-2/h4-5,8,11-14,18,25-26H,6-7,9-10H2,1-3H3,(H,27,28);2*1-2H3;1-2H. The number of carbonyl (C=O) groups is 1. The monoisotopic (exact) mass is 526 g/mol. The van der Waals surface area contributed by atoms with Crippen molar-refractivity contribution < 1.29 is 9.35 Å². The molecular weight excluding hydrogens is 484 g/mol. The van der Waals surface area contributed by atoms with Crippen LogP contribution in [0.15, 0.2) is 36.5 Å². The molecule has 1 fully saturated rings. The Morgan fingerprint density at radius 1 is 1.08 bits per heavy atom. The maximum Gasteiger partial charge on any atom is 0.253 e. The topological polar surface area (TPSA) is 122 Å². The van der Waals surface area contributed by atoms with Gasteiger partial charge in [0.2, 0.25) is 0 Å². The number of rotatable bonds is 4. The van der Waals surface area contributed by atoms with Crippen molar-refractivity contribution in [3.63, 3.8) is 0 Å². The first-order chi connectivity index (χ1) is 17.9. The minimum atomic E-state index is 0.0560. The third kappa shape index (κ3) is 7.90. The average Bonchev–Trinajstić information content (AvgIpc) is 3.29. The Labute approximate surface area is 226 Å². The molecular formula is C28H42N6O2S. The predicted octanol–water partition coefficient (Wildman–Crippen LogP) is 6.20. The number of thiol groups is 1. The molecule has 0 saturated carbocycles. The summed E-state index contributed by atoms with van der Waals surface area (Å²) in [4.78, 5) is 23.0. The Morgan fingerprint density at radius 3 is 2.22 bits per heavy atom. The summed E-state index contributed by atoms with van der Waals surface area (Å²) in [6, 6.07) is 9.67. The van der Waals surface area contributed by atoms with Crippen LogP contribution in [0.2, 0.25) is 0 Å². The molecule has 3 heterocycles. The van der Waals surface area contributed by atoms with Gasteiger partial charge in [0.25, 0.3) is 5.91 Å². The lowest BCUT2D eigenvalue weighted by Crippen LogP contribution is -2.38. The number of aromatic nitrogens is 3. The molecule has 37 heavy (non-hydrogen) atoms. The molecule has 202 valence electrons. The van der Waals surface area contributed by atoms with Gasteiger partial charge in [-0.2, -0.15) is 0 Å². The highest BCUT2D eigenvalue weighted by Gasteiger charge is 2.25. The molecule has 2 aromatic heterocycles. The van der Waals surface area contributed by atoms with Gasteiger partial charge in [0.05, 0.1) is 12.0 Å². The number of hydrogen-bond acceptors (Lipinski definition) is 6. The van der Waals surface area contributed by atoms with Gasteiger partial charge < -0.3 is 14.4 Å². The van der Waals surface area contributed by atoms with Gasteiger partial charge in [0, 0.05) is 36.1 Å². The van der Waals surface area contributed by atoms with E-state index < -0.39 is 0 Å². The second-order valence-corrected chi connectivity index (χ2v) is 8.27.